The topological polar surface area (TPSA) is 92.9 Å². The Morgan fingerprint density at radius 3 is 2.71 bits per heavy atom. The average molecular weight is 237 g/mol. The van der Waals surface area contributed by atoms with Crippen molar-refractivity contribution in [3.63, 3.8) is 0 Å². The highest BCUT2D eigenvalue weighted by molar-refractivity contribution is 5.80. The minimum Gasteiger partial charge on any atom is -0.383 e. The summed E-state index contributed by atoms with van der Waals surface area (Å²) in [5.74, 6) is 1.70. The molecule has 6 heteroatoms. The Kier molecular flexibility index (Phi) is 4.68. The molecule has 1 heterocycles. The fourth-order valence-corrected chi connectivity index (χ4v) is 1.34. The largest absolute Gasteiger partial charge is 0.383 e. The number of hydrogen-bond donors (Lipinski definition) is 3. The third-order valence-corrected chi connectivity index (χ3v) is 2.40. The van der Waals surface area contributed by atoms with Crippen LogP contribution in [0.4, 0.5) is 11.6 Å². The van der Waals surface area contributed by atoms with E-state index in [2.05, 4.69) is 27.5 Å². The normalized spacial score (nSPS) is 10.1. The summed E-state index contributed by atoms with van der Waals surface area (Å²) in [6.45, 7) is 4.06. The van der Waals surface area contributed by atoms with Gasteiger partial charge < -0.3 is 16.4 Å². The molecule has 0 saturated heterocycles. The van der Waals surface area contributed by atoms with Crippen LogP contribution in [0.5, 0.6) is 0 Å². The molecule has 1 aromatic heterocycles. The van der Waals surface area contributed by atoms with Crippen LogP contribution in [-0.2, 0) is 11.2 Å². The number of likely N-dealkylation sites (N-methyl/N-ethyl adjacent to an activating group) is 1. The van der Waals surface area contributed by atoms with Crippen LogP contribution in [0.25, 0.3) is 0 Å². The number of aromatic nitrogens is 2. The molecular weight excluding hydrogens is 218 g/mol. The molecule has 0 spiro atoms. The summed E-state index contributed by atoms with van der Waals surface area (Å²) >= 11 is 0. The molecule has 0 radical (unpaired) electrons. The number of nitrogens with one attached hydrogen (secondary N) is 2. The number of nitrogens with two attached hydrogens (primary N) is 1. The van der Waals surface area contributed by atoms with Crippen molar-refractivity contribution in [2.24, 2.45) is 0 Å². The van der Waals surface area contributed by atoms with Gasteiger partial charge in [-0.2, -0.15) is 0 Å². The minimum atomic E-state index is -0.0985. The van der Waals surface area contributed by atoms with Crippen LogP contribution in [0.1, 0.15) is 24.7 Å². The van der Waals surface area contributed by atoms with Crippen LogP contribution in [0.2, 0.25) is 0 Å². The first-order chi connectivity index (χ1) is 8.08. The van der Waals surface area contributed by atoms with Gasteiger partial charge in [0.15, 0.2) is 0 Å². The number of amides is 1. The lowest BCUT2D eigenvalue weighted by atomic mass is 10.2. The minimum absolute atomic E-state index is 0.0985. The zero-order chi connectivity index (χ0) is 12.8. The van der Waals surface area contributed by atoms with Crippen molar-refractivity contribution in [2.45, 2.75) is 26.7 Å². The van der Waals surface area contributed by atoms with Crippen molar-refractivity contribution in [1.29, 1.82) is 0 Å². The Morgan fingerprint density at radius 1 is 1.41 bits per heavy atom. The summed E-state index contributed by atoms with van der Waals surface area (Å²) in [6, 6.07) is 0. The SMILES string of the molecule is CCCc1nc(N)c(C)c(NCC(=O)NC)n1. The van der Waals surface area contributed by atoms with Gasteiger partial charge in [-0.25, -0.2) is 9.97 Å². The van der Waals surface area contributed by atoms with Crippen molar-refractivity contribution < 1.29 is 4.79 Å². The van der Waals surface area contributed by atoms with Crippen molar-refractivity contribution in [2.75, 3.05) is 24.6 Å². The average Bonchev–Trinajstić information content (AvgIpc) is 2.31. The van der Waals surface area contributed by atoms with E-state index in [1.807, 2.05) is 6.92 Å². The maximum absolute atomic E-state index is 11.1. The lowest BCUT2D eigenvalue weighted by Gasteiger charge is -2.11. The molecule has 94 valence electrons. The molecule has 0 saturated carbocycles. The number of hydrogen-bond acceptors (Lipinski definition) is 5. The molecule has 1 aromatic rings. The van der Waals surface area contributed by atoms with E-state index in [0.717, 1.165) is 18.4 Å². The number of carbonyl (C=O) groups excluding carboxylic acids is 1. The zero-order valence-electron chi connectivity index (χ0n) is 10.5. The van der Waals surface area contributed by atoms with E-state index in [9.17, 15) is 4.79 Å². The Labute approximate surface area is 101 Å². The second-order valence-corrected chi connectivity index (χ2v) is 3.78. The summed E-state index contributed by atoms with van der Waals surface area (Å²) in [4.78, 5) is 19.7. The molecule has 1 rings (SSSR count). The highest BCUT2D eigenvalue weighted by Gasteiger charge is 2.09. The fraction of sp³-hybridized carbons (Fsp3) is 0.545. The standard InChI is InChI=1S/C11H19N5O/c1-4-5-8-15-10(12)7(2)11(16-8)14-6-9(17)13-3/h4-6H2,1-3H3,(H,13,17)(H3,12,14,15,16). The Hall–Kier alpha value is -1.85. The van der Waals surface area contributed by atoms with E-state index in [1.54, 1.807) is 7.05 Å². The molecule has 6 nitrogen and oxygen atoms in total. The maximum Gasteiger partial charge on any atom is 0.239 e. The first-order valence-electron chi connectivity index (χ1n) is 5.65. The van der Waals surface area contributed by atoms with Gasteiger partial charge >= 0.3 is 0 Å². The van der Waals surface area contributed by atoms with Crippen molar-refractivity contribution in [3.8, 4) is 0 Å². The molecule has 0 bridgehead atoms. The molecule has 0 aromatic carbocycles. The molecule has 4 N–H and O–H groups in total. The summed E-state index contributed by atoms with van der Waals surface area (Å²) in [6.07, 6.45) is 1.73. The van der Waals surface area contributed by atoms with Crippen LogP contribution in [0, 0.1) is 6.92 Å². The van der Waals surface area contributed by atoms with Gasteiger partial charge in [-0.1, -0.05) is 6.92 Å². The second kappa shape index (κ2) is 6.03. The van der Waals surface area contributed by atoms with Gasteiger partial charge in [0, 0.05) is 19.0 Å². The van der Waals surface area contributed by atoms with Gasteiger partial charge in [0.1, 0.15) is 17.5 Å². The summed E-state index contributed by atoms with van der Waals surface area (Å²) in [7, 11) is 1.59. The lowest BCUT2D eigenvalue weighted by Crippen LogP contribution is -2.27. The highest BCUT2D eigenvalue weighted by Crippen LogP contribution is 2.17. The Bertz CT molecular complexity index is 405. The summed E-state index contributed by atoms with van der Waals surface area (Å²) in [5, 5.41) is 5.49. The van der Waals surface area contributed by atoms with E-state index < -0.39 is 0 Å². The van der Waals surface area contributed by atoms with Gasteiger partial charge in [0.05, 0.1) is 6.54 Å². The number of nitrogens with zero attached hydrogens (tertiary/aromatic N) is 2. The quantitative estimate of drug-likeness (QED) is 0.692. The van der Waals surface area contributed by atoms with Crippen LogP contribution in [0.15, 0.2) is 0 Å². The first-order valence-corrected chi connectivity index (χ1v) is 5.65. The summed E-state index contributed by atoms with van der Waals surface area (Å²) < 4.78 is 0. The third-order valence-electron chi connectivity index (χ3n) is 2.40. The third kappa shape index (κ3) is 3.58. The smallest absolute Gasteiger partial charge is 0.239 e. The number of anilines is 2. The van der Waals surface area contributed by atoms with Crippen LogP contribution >= 0.6 is 0 Å². The lowest BCUT2D eigenvalue weighted by molar-refractivity contribution is -0.118. The molecule has 0 fully saturated rings. The van der Waals surface area contributed by atoms with Crippen molar-refractivity contribution >= 4 is 17.5 Å². The van der Waals surface area contributed by atoms with Gasteiger partial charge in [-0.05, 0) is 13.3 Å². The molecule has 0 unspecified atom stereocenters. The predicted octanol–water partition coefficient (Wildman–Crippen LogP) is 0.478. The number of nitrogen functional groups attached to an aromatic ring is 1. The Balaban J connectivity index is 2.85. The van der Waals surface area contributed by atoms with Gasteiger partial charge in [-0.3, -0.25) is 4.79 Å². The molecule has 17 heavy (non-hydrogen) atoms. The second-order valence-electron chi connectivity index (χ2n) is 3.78. The zero-order valence-corrected chi connectivity index (χ0v) is 10.5. The van der Waals surface area contributed by atoms with Crippen LogP contribution in [0.3, 0.4) is 0 Å². The molecule has 0 aliphatic rings. The number of rotatable bonds is 5. The maximum atomic E-state index is 11.1. The van der Waals surface area contributed by atoms with E-state index in [0.29, 0.717) is 17.5 Å². The van der Waals surface area contributed by atoms with Crippen LogP contribution in [-0.4, -0.2) is 29.5 Å². The van der Waals surface area contributed by atoms with Crippen molar-refractivity contribution in [3.05, 3.63) is 11.4 Å². The van der Waals surface area contributed by atoms with E-state index in [-0.39, 0.29) is 12.5 Å². The highest BCUT2D eigenvalue weighted by atomic mass is 16.1. The van der Waals surface area contributed by atoms with Crippen molar-refractivity contribution in [1.82, 2.24) is 15.3 Å². The summed E-state index contributed by atoms with van der Waals surface area (Å²) in [5.41, 5.74) is 6.57. The first kappa shape index (κ1) is 13.2. The number of aryl methyl sites for hydroxylation is 1. The van der Waals surface area contributed by atoms with E-state index in [1.165, 1.54) is 0 Å². The predicted molar refractivity (Wildman–Crippen MR) is 67.7 cm³/mol. The fourth-order valence-electron chi connectivity index (χ4n) is 1.34. The van der Waals surface area contributed by atoms with E-state index in [4.69, 9.17) is 5.73 Å². The Morgan fingerprint density at radius 2 is 2.12 bits per heavy atom. The molecular formula is C11H19N5O. The van der Waals surface area contributed by atoms with Crippen LogP contribution < -0.4 is 16.4 Å². The molecule has 1 amide bonds. The molecule has 0 aliphatic carbocycles. The van der Waals surface area contributed by atoms with Gasteiger partial charge in [0.25, 0.3) is 0 Å². The van der Waals surface area contributed by atoms with Gasteiger partial charge in [-0.15, -0.1) is 0 Å². The molecule has 0 atom stereocenters. The monoisotopic (exact) mass is 237 g/mol. The molecule has 0 aliphatic heterocycles. The van der Waals surface area contributed by atoms with E-state index >= 15 is 0 Å². The number of carbonyl (C=O) groups is 1. The van der Waals surface area contributed by atoms with Gasteiger partial charge in [0.2, 0.25) is 5.91 Å².